The molecular formula is C14H24ClN3O2. The SMILES string of the molecule is CC(C)Cn1ncc(NCCCC(C)CO)c(Cl)c1=O. The van der Waals surface area contributed by atoms with E-state index < -0.39 is 0 Å². The smallest absolute Gasteiger partial charge is 0.287 e. The number of aromatic nitrogens is 2. The number of nitrogens with one attached hydrogen (secondary N) is 1. The third kappa shape index (κ3) is 5.13. The van der Waals surface area contributed by atoms with Crippen LogP contribution < -0.4 is 10.9 Å². The summed E-state index contributed by atoms with van der Waals surface area (Å²) in [5.74, 6) is 0.638. The minimum atomic E-state index is -0.255. The highest BCUT2D eigenvalue weighted by Gasteiger charge is 2.10. The van der Waals surface area contributed by atoms with Crippen LogP contribution in [0.25, 0.3) is 0 Å². The molecule has 1 rings (SSSR count). The van der Waals surface area contributed by atoms with Gasteiger partial charge in [-0.2, -0.15) is 5.10 Å². The predicted molar refractivity (Wildman–Crippen MR) is 82.3 cm³/mol. The average Bonchev–Trinajstić information content (AvgIpc) is 2.41. The van der Waals surface area contributed by atoms with E-state index in [9.17, 15) is 4.79 Å². The summed E-state index contributed by atoms with van der Waals surface area (Å²) in [5.41, 5.74) is 0.322. The van der Waals surface area contributed by atoms with Gasteiger partial charge in [0.2, 0.25) is 0 Å². The van der Waals surface area contributed by atoms with E-state index in [0.717, 1.165) is 12.8 Å². The van der Waals surface area contributed by atoms with E-state index in [2.05, 4.69) is 10.4 Å². The van der Waals surface area contributed by atoms with Crippen molar-refractivity contribution in [3.63, 3.8) is 0 Å². The molecule has 0 amide bonds. The Kier molecular flexibility index (Phi) is 7.02. The van der Waals surface area contributed by atoms with Crippen molar-refractivity contribution in [2.24, 2.45) is 11.8 Å². The van der Waals surface area contributed by atoms with Crippen molar-refractivity contribution < 1.29 is 5.11 Å². The lowest BCUT2D eigenvalue weighted by molar-refractivity contribution is 0.229. The number of rotatable bonds is 8. The fourth-order valence-corrected chi connectivity index (χ4v) is 2.04. The number of nitrogens with zero attached hydrogens (tertiary/aromatic N) is 2. The first-order valence-corrected chi connectivity index (χ1v) is 7.43. The van der Waals surface area contributed by atoms with Crippen molar-refractivity contribution in [1.29, 1.82) is 0 Å². The highest BCUT2D eigenvalue weighted by Crippen LogP contribution is 2.16. The van der Waals surface area contributed by atoms with E-state index >= 15 is 0 Å². The molecule has 1 unspecified atom stereocenters. The molecule has 1 heterocycles. The Labute approximate surface area is 125 Å². The minimum Gasteiger partial charge on any atom is -0.396 e. The van der Waals surface area contributed by atoms with Gasteiger partial charge >= 0.3 is 0 Å². The number of hydrogen-bond donors (Lipinski definition) is 2. The zero-order valence-electron chi connectivity index (χ0n) is 12.4. The van der Waals surface area contributed by atoms with E-state index in [0.29, 0.717) is 30.6 Å². The maximum absolute atomic E-state index is 12.0. The lowest BCUT2D eigenvalue weighted by Crippen LogP contribution is -2.26. The molecule has 20 heavy (non-hydrogen) atoms. The fourth-order valence-electron chi connectivity index (χ4n) is 1.83. The normalized spacial score (nSPS) is 12.7. The van der Waals surface area contributed by atoms with E-state index in [-0.39, 0.29) is 17.2 Å². The van der Waals surface area contributed by atoms with Crippen LogP contribution >= 0.6 is 11.6 Å². The number of aliphatic hydroxyl groups excluding tert-OH is 1. The molecular weight excluding hydrogens is 278 g/mol. The monoisotopic (exact) mass is 301 g/mol. The molecule has 0 spiro atoms. The molecule has 6 heteroatoms. The molecule has 0 bridgehead atoms. The van der Waals surface area contributed by atoms with E-state index in [1.54, 1.807) is 6.20 Å². The standard InChI is InChI=1S/C14H24ClN3O2/c1-10(2)8-18-14(20)13(15)12(7-17-18)16-6-4-5-11(3)9-19/h7,10-11,16,19H,4-6,8-9H2,1-3H3. The largest absolute Gasteiger partial charge is 0.396 e. The molecule has 2 N–H and O–H groups in total. The van der Waals surface area contributed by atoms with Crippen LogP contribution in [0.2, 0.25) is 5.02 Å². The fraction of sp³-hybridized carbons (Fsp3) is 0.714. The zero-order valence-corrected chi connectivity index (χ0v) is 13.2. The van der Waals surface area contributed by atoms with Crippen LogP contribution in [-0.4, -0.2) is 28.0 Å². The van der Waals surface area contributed by atoms with E-state index in [1.165, 1.54) is 4.68 Å². The summed E-state index contributed by atoms with van der Waals surface area (Å²) in [6, 6.07) is 0. The van der Waals surface area contributed by atoms with Gasteiger partial charge in [-0.25, -0.2) is 4.68 Å². The van der Waals surface area contributed by atoms with Crippen molar-refractivity contribution in [3.05, 3.63) is 21.6 Å². The molecule has 0 aliphatic heterocycles. The van der Waals surface area contributed by atoms with Crippen molar-refractivity contribution in [1.82, 2.24) is 9.78 Å². The summed E-state index contributed by atoms with van der Waals surface area (Å²) in [5, 5.41) is 16.4. The average molecular weight is 302 g/mol. The second-order valence-corrected chi connectivity index (χ2v) is 5.99. The number of hydrogen-bond acceptors (Lipinski definition) is 4. The van der Waals surface area contributed by atoms with Gasteiger partial charge in [-0.1, -0.05) is 32.4 Å². The molecule has 0 saturated heterocycles. The number of aliphatic hydroxyl groups is 1. The Morgan fingerprint density at radius 3 is 2.75 bits per heavy atom. The van der Waals surface area contributed by atoms with Gasteiger partial charge in [0.1, 0.15) is 5.02 Å². The topological polar surface area (TPSA) is 67.2 Å². The van der Waals surface area contributed by atoms with Crippen LogP contribution in [0.1, 0.15) is 33.6 Å². The predicted octanol–water partition coefficient (Wildman–Crippen LogP) is 2.37. The Bertz CT molecular complexity index is 474. The maximum atomic E-state index is 12.0. The first-order chi connectivity index (χ1) is 9.45. The van der Waals surface area contributed by atoms with Gasteiger partial charge in [-0.3, -0.25) is 4.79 Å². The molecule has 1 aromatic heterocycles. The molecule has 0 radical (unpaired) electrons. The van der Waals surface area contributed by atoms with Crippen molar-refractivity contribution in [2.45, 2.75) is 40.2 Å². The van der Waals surface area contributed by atoms with Crippen LogP contribution in [0.5, 0.6) is 0 Å². The second-order valence-electron chi connectivity index (χ2n) is 5.61. The Morgan fingerprint density at radius 1 is 1.45 bits per heavy atom. The molecule has 0 saturated carbocycles. The second kappa shape index (κ2) is 8.27. The molecule has 5 nitrogen and oxygen atoms in total. The van der Waals surface area contributed by atoms with Gasteiger partial charge in [0.15, 0.2) is 0 Å². The molecule has 0 aliphatic rings. The number of anilines is 1. The highest BCUT2D eigenvalue weighted by atomic mass is 35.5. The lowest BCUT2D eigenvalue weighted by Gasteiger charge is -2.12. The molecule has 0 aromatic carbocycles. The zero-order chi connectivity index (χ0) is 15.1. The van der Waals surface area contributed by atoms with Gasteiger partial charge in [0.05, 0.1) is 11.9 Å². The molecule has 114 valence electrons. The van der Waals surface area contributed by atoms with Crippen LogP contribution in [0.15, 0.2) is 11.0 Å². The lowest BCUT2D eigenvalue weighted by atomic mass is 10.1. The third-order valence-electron chi connectivity index (χ3n) is 3.02. The summed E-state index contributed by atoms with van der Waals surface area (Å²) in [6.07, 6.45) is 3.44. The molecule has 1 aromatic rings. The molecule has 0 aliphatic carbocycles. The van der Waals surface area contributed by atoms with Gasteiger partial charge in [-0.15, -0.1) is 0 Å². The van der Waals surface area contributed by atoms with E-state index in [4.69, 9.17) is 16.7 Å². The Morgan fingerprint density at radius 2 is 2.15 bits per heavy atom. The van der Waals surface area contributed by atoms with Crippen LogP contribution in [-0.2, 0) is 6.54 Å². The summed E-state index contributed by atoms with van der Waals surface area (Å²) in [4.78, 5) is 12.0. The third-order valence-corrected chi connectivity index (χ3v) is 3.39. The number of halogens is 1. The van der Waals surface area contributed by atoms with Crippen LogP contribution in [0.3, 0.4) is 0 Å². The van der Waals surface area contributed by atoms with Crippen molar-refractivity contribution in [2.75, 3.05) is 18.5 Å². The summed E-state index contributed by atoms with van der Waals surface area (Å²) in [6.45, 7) is 7.52. The van der Waals surface area contributed by atoms with Gasteiger partial charge in [0, 0.05) is 19.7 Å². The quantitative estimate of drug-likeness (QED) is 0.723. The summed E-state index contributed by atoms with van der Waals surface area (Å²) in [7, 11) is 0. The van der Waals surface area contributed by atoms with Gasteiger partial charge < -0.3 is 10.4 Å². The minimum absolute atomic E-state index is 0.191. The van der Waals surface area contributed by atoms with E-state index in [1.807, 2.05) is 20.8 Å². The maximum Gasteiger partial charge on any atom is 0.287 e. The highest BCUT2D eigenvalue weighted by molar-refractivity contribution is 6.32. The summed E-state index contributed by atoms with van der Waals surface area (Å²) < 4.78 is 1.39. The summed E-state index contributed by atoms with van der Waals surface area (Å²) >= 11 is 6.07. The Balaban J connectivity index is 2.60. The Hall–Kier alpha value is -1.07. The first kappa shape index (κ1) is 17.0. The van der Waals surface area contributed by atoms with Crippen LogP contribution in [0, 0.1) is 11.8 Å². The van der Waals surface area contributed by atoms with Gasteiger partial charge in [0.25, 0.3) is 5.56 Å². The van der Waals surface area contributed by atoms with Crippen molar-refractivity contribution in [3.8, 4) is 0 Å². The first-order valence-electron chi connectivity index (χ1n) is 7.06. The van der Waals surface area contributed by atoms with Crippen LogP contribution in [0.4, 0.5) is 5.69 Å². The van der Waals surface area contributed by atoms with Gasteiger partial charge in [-0.05, 0) is 24.7 Å². The molecule has 0 fully saturated rings. The molecule has 1 atom stereocenters. The van der Waals surface area contributed by atoms with Crippen molar-refractivity contribution >= 4 is 17.3 Å².